The predicted octanol–water partition coefficient (Wildman–Crippen LogP) is 2.30. The van der Waals surface area contributed by atoms with E-state index < -0.39 is 0 Å². The van der Waals surface area contributed by atoms with Crippen molar-refractivity contribution in [3.63, 3.8) is 0 Å². The average Bonchev–Trinajstić information content (AvgIpc) is 2.76. The van der Waals surface area contributed by atoms with Crippen LogP contribution in [0.15, 0.2) is 12.1 Å². The third kappa shape index (κ3) is 3.25. The Morgan fingerprint density at radius 2 is 2.22 bits per heavy atom. The summed E-state index contributed by atoms with van der Waals surface area (Å²) in [5.41, 5.74) is 0. The van der Waals surface area contributed by atoms with Crippen molar-refractivity contribution >= 4 is 22.9 Å². The molecule has 1 fully saturated rings. The summed E-state index contributed by atoms with van der Waals surface area (Å²) in [6.07, 6.45) is 0. The molecule has 2 heterocycles. The van der Waals surface area contributed by atoms with Crippen LogP contribution in [0.3, 0.4) is 0 Å². The highest BCUT2D eigenvalue weighted by molar-refractivity contribution is 7.16. The van der Waals surface area contributed by atoms with Gasteiger partial charge in [-0.2, -0.15) is 0 Å². The second-order valence-corrected chi connectivity index (χ2v) is 6.73. The van der Waals surface area contributed by atoms with E-state index in [1.807, 2.05) is 6.07 Å². The van der Waals surface area contributed by atoms with Gasteiger partial charge in [0.1, 0.15) is 0 Å². The minimum absolute atomic E-state index is 0.375. The zero-order valence-corrected chi connectivity index (χ0v) is 12.9. The first-order valence-corrected chi connectivity index (χ1v) is 7.68. The highest BCUT2D eigenvalue weighted by Crippen LogP contribution is 2.31. The third-order valence-electron chi connectivity index (χ3n) is 3.61. The van der Waals surface area contributed by atoms with E-state index in [2.05, 4.69) is 42.2 Å². The van der Waals surface area contributed by atoms with E-state index in [0.717, 1.165) is 30.5 Å². The number of hydrogen-bond acceptors (Lipinski definition) is 4. The Labute approximate surface area is 119 Å². The molecule has 0 radical (unpaired) electrons. The first-order chi connectivity index (χ1) is 8.61. The second kappa shape index (κ2) is 6.35. The molecule has 0 spiro atoms. The largest absolute Gasteiger partial charge is 0.308 e. The van der Waals surface area contributed by atoms with Gasteiger partial charge in [0, 0.05) is 30.6 Å². The van der Waals surface area contributed by atoms with Crippen LogP contribution in [0.5, 0.6) is 0 Å². The third-order valence-corrected chi connectivity index (χ3v) is 4.92. The van der Waals surface area contributed by atoms with Crippen LogP contribution in [-0.2, 0) is 0 Å². The Morgan fingerprint density at radius 3 is 2.83 bits per heavy atom. The Kier molecular flexibility index (Phi) is 5.04. The summed E-state index contributed by atoms with van der Waals surface area (Å²) in [5, 5.41) is 3.62. The van der Waals surface area contributed by atoms with Crippen LogP contribution in [0.2, 0.25) is 4.34 Å². The van der Waals surface area contributed by atoms with Crippen molar-refractivity contribution in [3.05, 3.63) is 21.3 Å². The number of nitrogens with one attached hydrogen (secondary N) is 1. The van der Waals surface area contributed by atoms with Gasteiger partial charge in [-0.05, 0) is 32.8 Å². The van der Waals surface area contributed by atoms with E-state index in [1.54, 1.807) is 11.3 Å². The number of likely N-dealkylation sites (N-methyl/N-ethyl adjacent to an activating group) is 3. The molecule has 2 rings (SSSR count). The van der Waals surface area contributed by atoms with Gasteiger partial charge in [0.15, 0.2) is 0 Å². The average molecular weight is 288 g/mol. The summed E-state index contributed by atoms with van der Waals surface area (Å²) >= 11 is 7.77. The van der Waals surface area contributed by atoms with Crippen molar-refractivity contribution in [1.82, 2.24) is 15.1 Å². The molecule has 102 valence electrons. The molecular formula is C13H22ClN3S. The lowest BCUT2D eigenvalue weighted by molar-refractivity contribution is 0.0889. The minimum atomic E-state index is 0.375. The zero-order chi connectivity index (χ0) is 13.1. The van der Waals surface area contributed by atoms with Gasteiger partial charge in [-0.3, -0.25) is 4.90 Å². The van der Waals surface area contributed by atoms with E-state index in [0.29, 0.717) is 12.1 Å². The molecule has 0 aliphatic carbocycles. The summed E-state index contributed by atoms with van der Waals surface area (Å²) in [6, 6.07) is 5.04. The van der Waals surface area contributed by atoms with Crippen LogP contribution in [0, 0.1) is 0 Å². The number of nitrogens with zero attached hydrogens (tertiary/aromatic N) is 2. The van der Waals surface area contributed by atoms with Crippen LogP contribution in [-0.4, -0.2) is 56.1 Å². The molecular weight excluding hydrogens is 266 g/mol. The Hall–Kier alpha value is -0.130. The summed E-state index contributed by atoms with van der Waals surface area (Å²) in [5.74, 6) is 0. The quantitative estimate of drug-likeness (QED) is 0.917. The first kappa shape index (κ1) is 14.3. The lowest BCUT2D eigenvalue weighted by atomic mass is 10.0. The lowest BCUT2D eigenvalue weighted by Gasteiger charge is -2.41. The molecule has 2 unspecified atom stereocenters. The van der Waals surface area contributed by atoms with E-state index in [-0.39, 0.29) is 0 Å². The Balaban J connectivity index is 2.18. The van der Waals surface area contributed by atoms with Gasteiger partial charge in [0.05, 0.1) is 10.4 Å². The molecule has 0 saturated carbocycles. The van der Waals surface area contributed by atoms with Gasteiger partial charge in [-0.15, -0.1) is 11.3 Å². The monoisotopic (exact) mass is 287 g/mol. The molecule has 2 atom stereocenters. The van der Waals surface area contributed by atoms with Crippen LogP contribution in [0.1, 0.15) is 17.8 Å². The van der Waals surface area contributed by atoms with Crippen molar-refractivity contribution in [2.24, 2.45) is 0 Å². The van der Waals surface area contributed by atoms with Gasteiger partial charge in [-0.1, -0.05) is 18.5 Å². The maximum absolute atomic E-state index is 6.08. The zero-order valence-electron chi connectivity index (χ0n) is 11.3. The van der Waals surface area contributed by atoms with Crippen molar-refractivity contribution < 1.29 is 0 Å². The van der Waals surface area contributed by atoms with Crippen LogP contribution < -0.4 is 5.32 Å². The summed E-state index contributed by atoms with van der Waals surface area (Å²) < 4.78 is 0.875. The number of hydrogen-bond donors (Lipinski definition) is 1. The summed E-state index contributed by atoms with van der Waals surface area (Å²) in [4.78, 5) is 6.21. The smallest absolute Gasteiger partial charge is 0.0931 e. The van der Waals surface area contributed by atoms with Crippen LogP contribution in [0.4, 0.5) is 0 Å². The number of halogens is 1. The molecule has 5 heteroatoms. The Bertz CT molecular complexity index is 382. The molecule has 3 nitrogen and oxygen atoms in total. The van der Waals surface area contributed by atoms with Gasteiger partial charge >= 0.3 is 0 Å². The lowest BCUT2D eigenvalue weighted by Crippen LogP contribution is -2.54. The SMILES string of the molecule is CCNC(c1ccc(Cl)s1)C1CN(C)CCN1C. The van der Waals surface area contributed by atoms with Crippen molar-refractivity contribution in [2.45, 2.75) is 19.0 Å². The fraction of sp³-hybridized carbons (Fsp3) is 0.692. The number of thiophene rings is 1. The maximum atomic E-state index is 6.08. The molecule has 1 aliphatic heterocycles. The minimum Gasteiger partial charge on any atom is -0.308 e. The van der Waals surface area contributed by atoms with E-state index in [9.17, 15) is 0 Å². The molecule has 0 amide bonds. The summed E-state index contributed by atoms with van der Waals surface area (Å²) in [6.45, 7) is 6.52. The number of rotatable bonds is 4. The normalized spacial score (nSPS) is 24.3. The fourth-order valence-electron chi connectivity index (χ4n) is 2.55. The molecule has 18 heavy (non-hydrogen) atoms. The maximum Gasteiger partial charge on any atom is 0.0931 e. The first-order valence-electron chi connectivity index (χ1n) is 6.49. The Morgan fingerprint density at radius 1 is 1.44 bits per heavy atom. The van der Waals surface area contributed by atoms with Gasteiger partial charge in [0.25, 0.3) is 0 Å². The standard InChI is InChI=1S/C13H22ClN3S/c1-4-15-13(11-5-6-12(14)18-11)10-9-16(2)7-8-17(10)3/h5-6,10,13,15H,4,7-9H2,1-3H3. The highest BCUT2D eigenvalue weighted by Gasteiger charge is 2.31. The number of piperazine rings is 1. The van der Waals surface area contributed by atoms with E-state index in [4.69, 9.17) is 11.6 Å². The van der Waals surface area contributed by atoms with Crippen molar-refractivity contribution in [1.29, 1.82) is 0 Å². The molecule has 1 N–H and O–H groups in total. The molecule has 0 aromatic carbocycles. The van der Waals surface area contributed by atoms with Gasteiger partial charge in [-0.25, -0.2) is 0 Å². The van der Waals surface area contributed by atoms with Crippen molar-refractivity contribution in [3.8, 4) is 0 Å². The second-order valence-electron chi connectivity index (χ2n) is 4.99. The molecule has 0 bridgehead atoms. The van der Waals surface area contributed by atoms with Crippen molar-refractivity contribution in [2.75, 3.05) is 40.3 Å². The summed E-state index contributed by atoms with van der Waals surface area (Å²) in [7, 11) is 4.42. The predicted molar refractivity (Wildman–Crippen MR) is 79.7 cm³/mol. The molecule has 1 aromatic heterocycles. The topological polar surface area (TPSA) is 18.5 Å². The molecule has 1 saturated heterocycles. The van der Waals surface area contributed by atoms with Crippen LogP contribution >= 0.6 is 22.9 Å². The highest BCUT2D eigenvalue weighted by atomic mass is 35.5. The van der Waals surface area contributed by atoms with Gasteiger partial charge < -0.3 is 10.2 Å². The van der Waals surface area contributed by atoms with E-state index in [1.165, 1.54) is 4.88 Å². The molecule has 1 aliphatic rings. The van der Waals surface area contributed by atoms with E-state index >= 15 is 0 Å². The fourth-order valence-corrected chi connectivity index (χ4v) is 3.74. The van der Waals surface area contributed by atoms with Gasteiger partial charge in [0.2, 0.25) is 0 Å². The van der Waals surface area contributed by atoms with Crippen LogP contribution in [0.25, 0.3) is 0 Å². The molecule has 1 aromatic rings.